The van der Waals surface area contributed by atoms with E-state index in [9.17, 15) is 4.79 Å². The van der Waals surface area contributed by atoms with Crippen LogP contribution in [0.5, 0.6) is 0 Å². The topological polar surface area (TPSA) is 49.6 Å². The maximum absolute atomic E-state index is 12.8. The molecule has 0 bridgehead atoms. The molecular weight excluding hydrogens is 262 g/mol. The van der Waals surface area contributed by atoms with Gasteiger partial charge in [-0.15, -0.1) is 0 Å². The Balaban J connectivity index is 1.56. The summed E-state index contributed by atoms with van der Waals surface area (Å²) in [5.41, 5.74) is 6.23. The lowest BCUT2D eigenvalue weighted by atomic mass is 9.78. The molecule has 1 aliphatic carbocycles. The molecule has 0 aromatic carbocycles. The van der Waals surface area contributed by atoms with Crippen molar-refractivity contribution in [2.45, 2.75) is 64.0 Å². The third kappa shape index (κ3) is 3.42. The van der Waals surface area contributed by atoms with E-state index in [1.807, 2.05) is 0 Å². The number of rotatable bonds is 2. The van der Waals surface area contributed by atoms with Crippen LogP contribution >= 0.6 is 0 Å². The summed E-state index contributed by atoms with van der Waals surface area (Å²) in [6.07, 6.45) is 8.38. The minimum Gasteiger partial charge on any atom is -0.341 e. The summed E-state index contributed by atoms with van der Waals surface area (Å²) in [7, 11) is 0. The first kappa shape index (κ1) is 15.3. The lowest BCUT2D eigenvalue weighted by molar-refractivity contribution is -0.136. The van der Waals surface area contributed by atoms with Crippen LogP contribution in [0.4, 0.5) is 0 Å². The first-order valence-electron chi connectivity index (χ1n) is 8.93. The molecule has 2 heterocycles. The van der Waals surface area contributed by atoms with Gasteiger partial charge in [-0.2, -0.15) is 0 Å². The quantitative estimate of drug-likeness (QED) is 0.845. The molecule has 2 N–H and O–H groups in total. The van der Waals surface area contributed by atoms with E-state index in [1.165, 1.54) is 38.8 Å². The second-order valence-corrected chi connectivity index (χ2v) is 7.51. The summed E-state index contributed by atoms with van der Waals surface area (Å²) in [5, 5.41) is 0. The van der Waals surface area contributed by atoms with Crippen LogP contribution in [-0.4, -0.2) is 54.0 Å². The molecular formula is C17H31N3O. The third-order valence-corrected chi connectivity index (χ3v) is 5.87. The van der Waals surface area contributed by atoms with Gasteiger partial charge >= 0.3 is 0 Å². The molecule has 2 aliphatic heterocycles. The summed E-state index contributed by atoms with van der Waals surface area (Å²) < 4.78 is 0. The monoisotopic (exact) mass is 293 g/mol. The second kappa shape index (κ2) is 6.66. The molecule has 3 fully saturated rings. The molecule has 0 aromatic rings. The maximum Gasteiger partial charge on any atom is 0.227 e. The highest BCUT2D eigenvalue weighted by Gasteiger charge is 2.38. The Morgan fingerprint density at radius 2 is 1.81 bits per heavy atom. The molecule has 21 heavy (non-hydrogen) atoms. The van der Waals surface area contributed by atoms with Crippen molar-refractivity contribution in [1.82, 2.24) is 9.80 Å². The van der Waals surface area contributed by atoms with Gasteiger partial charge in [0.2, 0.25) is 5.91 Å². The molecule has 0 spiro atoms. The lowest BCUT2D eigenvalue weighted by Gasteiger charge is -2.35. The van der Waals surface area contributed by atoms with Gasteiger partial charge in [0.25, 0.3) is 0 Å². The standard InChI is InChI=1S/C17H31N3O/c1-13-5-6-16(18)15(11-13)17(21)20-10-7-14(12-20)19-8-3-2-4-9-19/h13-16H,2-12,18H2,1H3. The highest BCUT2D eigenvalue weighted by Crippen LogP contribution is 2.31. The van der Waals surface area contributed by atoms with E-state index in [2.05, 4.69) is 16.7 Å². The number of piperidine rings is 1. The van der Waals surface area contributed by atoms with Gasteiger partial charge in [0, 0.05) is 25.2 Å². The number of carbonyl (C=O) groups excluding carboxylic acids is 1. The normalized spacial score (nSPS) is 38.7. The Labute approximate surface area is 129 Å². The van der Waals surface area contributed by atoms with Gasteiger partial charge in [-0.25, -0.2) is 0 Å². The average molecular weight is 293 g/mol. The largest absolute Gasteiger partial charge is 0.341 e. The van der Waals surface area contributed by atoms with Gasteiger partial charge < -0.3 is 10.6 Å². The smallest absolute Gasteiger partial charge is 0.227 e. The minimum atomic E-state index is 0.0776. The summed E-state index contributed by atoms with van der Waals surface area (Å²) in [5.74, 6) is 1.07. The summed E-state index contributed by atoms with van der Waals surface area (Å²) in [6, 6.07) is 0.689. The lowest BCUT2D eigenvalue weighted by Crippen LogP contribution is -2.47. The molecule has 0 radical (unpaired) electrons. The van der Waals surface area contributed by atoms with E-state index < -0.39 is 0 Å². The molecule has 1 amide bonds. The van der Waals surface area contributed by atoms with Gasteiger partial charge in [0.1, 0.15) is 0 Å². The third-order valence-electron chi connectivity index (χ3n) is 5.87. The van der Waals surface area contributed by atoms with E-state index in [4.69, 9.17) is 5.73 Å². The maximum atomic E-state index is 12.8. The van der Waals surface area contributed by atoms with Crippen molar-refractivity contribution in [2.24, 2.45) is 17.6 Å². The molecule has 0 aromatic heterocycles. The van der Waals surface area contributed by atoms with Crippen LogP contribution in [0.25, 0.3) is 0 Å². The Morgan fingerprint density at radius 3 is 2.57 bits per heavy atom. The summed E-state index contributed by atoms with van der Waals surface area (Å²) in [6.45, 7) is 6.60. The molecule has 4 atom stereocenters. The van der Waals surface area contributed by atoms with E-state index in [-0.39, 0.29) is 12.0 Å². The van der Waals surface area contributed by atoms with Gasteiger partial charge in [0.15, 0.2) is 0 Å². The SMILES string of the molecule is CC1CCC(N)C(C(=O)N2CCC(N3CCCCC3)C2)C1. The Kier molecular flexibility index (Phi) is 4.85. The van der Waals surface area contributed by atoms with Crippen LogP contribution in [0, 0.1) is 11.8 Å². The molecule has 4 heteroatoms. The number of hydrogen-bond donors (Lipinski definition) is 1. The van der Waals surface area contributed by atoms with E-state index in [0.29, 0.717) is 17.9 Å². The number of amides is 1. The Bertz CT molecular complexity index is 367. The van der Waals surface area contributed by atoms with Crippen molar-refractivity contribution >= 4 is 5.91 Å². The van der Waals surface area contributed by atoms with Crippen LogP contribution in [0.15, 0.2) is 0 Å². The molecule has 1 saturated carbocycles. The highest BCUT2D eigenvalue weighted by molar-refractivity contribution is 5.80. The van der Waals surface area contributed by atoms with Crippen LogP contribution < -0.4 is 5.73 Å². The van der Waals surface area contributed by atoms with Crippen molar-refractivity contribution in [3.63, 3.8) is 0 Å². The summed E-state index contributed by atoms with van der Waals surface area (Å²) >= 11 is 0. The van der Waals surface area contributed by atoms with Gasteiger partial charge in [-0.05, 0) is 57.5 Å². The van der Waals surface area contributed by atoms with Crippen LogP contribution in [0.1, 0.15) is 51.9 Å². The molecule has 3 rings (SSSR count). The fraction of sp³-hybridized carbons (Fsp3) is 0.941. The van der Waals surface area contributed by atoms with Crippen LogP contribution in [0.2, 0.25) is 0 Å². The minimum absolute atomic E-state index is 0.0776. The number of hydrogen-bond acceptors (Lipinski definition) is 3. The molecule has 4 nitrogen and oxygen atoms in total. The Morgan fingerprint density at radius 1 is 1.05 bits per heavy atom. The molecule has 4 unspecified atom stereocenters. The molecule has 3 aliphatic rings. The first-order chi connectivity index (χ1) is 10.1. The average Bonchev–Trinajstić information content (AvgIpc) is 3.00. The van der Waals surface area contributed by atoms with Crippen molar-refractivity contribution in [2.75, 3.05) is 26.2 Å². The zero-order valence-corrected chi connectivity index (χ0v) is 13.5. The number of carbonyl (C=O) groups is 1. The number of likely N-dealkylation sites (tertiary alicyclic amines) is 2. The second-order valence-electron chi connectivity index (χ2n) is 7.51. The van der Waals surface area contributed by atoms with Crippen molar-refractivity contribution in [3.8, 4) is 0 Å². The number of nitrogens with two attached hydrogens (primary N) is 1. The van der Waals surface area contributed by atoms with Gasteiger partial charge in [-0.1, -0.05) is 13.3 Å². The predicted octanol–water partition coefficient (Wildman–Crippen LogP) is 1.84. The van der Waals surface area contributed by atoms with Gasteiger partial charge in [0.05, 0.1) is 5.92 Å². The zero-order valence-electron chi connectivity index (χ0n) is 13.5. The van der Waals surface area contributed by atoms with Crippen molar-refractivity contribution in [1.29, 1.82) is 0 Å². The predicted molar refractivity (Wildman–Crippen MR) is 84.9 cm³/mol. The Hall–Kier alpha value is -0.610. The number of nitrogens with zero attached hydrogens (tertiary/aromatic N) is 2. The fourth-order valence-electron chi connectivity index (χ4n) is 4.45. The fourth-order valence-corrected chi connectivity index (χ4v) is 4.45. The van der Waals surface area contributed by atoms with Crippen LogP contribution in [-0.2, 0) is 4.79 Å². The highest BCUT2D eigenvalue weighted by atomic mass is 16.2. The first-order valence-corrected chi connectivity index (χ1v) is 8.93. The summed E-state index contributed by atoms with van der Waals surface area (Å²) in [4.78, 5) is 17.5. The van der Waals surface area contributed by atoms with E-state index in [0.717, 1.165) is 32.4 Å². The van der Waals surface area contributed by atoms with Gasteiger partial charge in [-0.3, -0.25) is 9.69 Å². The molecule has 2 saturated heterocycles. The van der Waals surface area contributed by atoms with Crippen molar-refractivity contribution < 1.29 is 4.79 Å². The zero-order chi connectivity index (χ0) is 14.8. The van der Waals surface area contributed by atoms with E-state index in [1.54, 1.807) is 0 Å². The van der Waals surface area contributed by atoms with E-state index >= 15 is 0 Å². The van der Waals surface area contributed by atoms with Crippen LogP contribution in [0.3, 0.4) is 0 Å². The molecule has 120 valence electrons. The van der Waals surface area contributed by atoms with Crippen molar-refractivity contribution in [3.05, 3.63) is 0 Å².